The Morgan fingerprint density at radius 3 is 2.23 bits per heavy atom. The minimum atomic E-state index is -5.47. The fourth-order valence-corrected chi connectivity index (χ4v) is 4.65. The van der Waals surface area contributed by atoms with Crippen molar-refractivity contribution in [3.8, 4) is 10.6 Å². The summed E-state index contributed by atoms with van der Waals surface area (Å²) < 4.78 is 62.0. The van der Waals surface area contributed by atoms with E-state index in [2.05, 4.69) is 10.3 Å². The maximum Gasteiger partial charge on any atom is 0.501 e. The molecule has 1 aromatic heterocycles. The number of alkyl halides is 3. The third-order valence-corrected chi connectivity index (χ3v) is 7.00. The molecule has 0 saturated carbocycles. The van der Waals surface area contributed by atoms with Crippen molar-refractivity contribution in [1.82, 2.24) is 4.98 Å². The Balaban J connectivity index is 1.61. The van der Waals surface area contributed by atoms with Gasteiger partial charge >= 0.3 is 5.51 Å². The van der Waals surface area contributed by atoms with Gasteiger partial charge in [-0.1, -0.05) is 24.3 Å². The molecule has 0 aliphatic carbocycles. The number of carbonyl (C=O) groups excluding carboxylic acids is 1. The second kappa shape index (κ2) is 7.78. The van der Waals surface area contributed by atoms with Crippen molar-refractivity contribution in [3.63, 3.8) is 0 Å². The standard InChI is InChI=1S/C21H13F3N2O3S2/c22-21(23,24)31(28,29)14-11-9-13(10-12-14)19(27)25-16-6-2-1-5-15(16)20-26-17-7-3-4-8-18(17)30-20/h1-12H,(H,25,27). The second-order valence-corrected chi connectivity index (χ2v) is 9.43. The molecular weight excluding hydrogens is 449 g/mol. The van der Waals surface area contributed by atoms with Gasteiger partial charge in [0.25, 0.3) is 15.7 Å². The molecule has 1 N–H and O–H groups in total. The van der Waals surface area contributed by atoms with Crippen LogP contribution in [0, 0.1) is 0 Å². The van der Waals surface area contributed by atoms with Crippen LogP contribution in [0.25, 0.3) is 20.8 Å². The number of carbonyl (C=O) groups is 1. The van der Waals surface area contributed by atoms with Crippen molar-refractivity contribution < 1.29 is 26.4 Å². The average molecular weight is 462 g/mol. The SMILES string of the molecule is O=C(Nc1ccccc1-c1nc2ccccc2s1)c1ccc(S(=O)(=O)C(F)(F)F)cc1. The van der Waals surface area contributed by atoms with Gasteiger partial charge in [0.2, 0.25) is 0 Å². The second-order valence-electron chi connectivity index (χ2n) is 6.46. The molecule has 0 saturated heterocycles. The first kappa shape index (κ1) is 21.0. The van der Waals surface area contributed by atoms with E-state index in [9.17, 15) is 26.4 Å². The summed E-state index contributed by atoms with van der Waals surface area (Å²) in [6.07, 6.45) is 0. The van der Waals surface area contributed by atoms with E-state index in [-0.39, 0.29) is 5.56 Å². The maximum atomic E-state index is 12.7. The van der Waals surface area contributed by atoms with E-state index in [1.807, 2.05) is 24.3 Å². The van der Waals surface area contributed by atoms with Crippen LogP contribution >= 0.6 is 11.3 Å². The molecule has 0 unspecified atom stereocenters. The molecule has 0 aliphatic rings. The molecule has 4 rings (SSSR count). The normalized spacial score (nSPS) is 12.1. The quantitative estimate of drug-likeness (QED) is 0.434. The molecule has 31 heavy (non-hydrogen) atoms. The highest BCUT2D eigenvalue weighted by Gasteiger charge is 2.46. The van der Waals surface area contributed by atoms with Gasteiger partial charge in [-0.15, -0.1) is 11.3 Å². The predicted molar refractivity (Wildman–Crippen MR) is 113 cm³/mol. The van der Waals surface area contributed by atoms with Crippen molar-refractivity contribution in [3.05, 3.63) is 78.4 Å². The van der Waals surface area contributed by atoms with Gasteiger partial charge in [-0.2, -0.15) is 13.2 Å². The van der Waals surface area contributed by atoms with Crippen LogP contribution in [-0.4, -0.2) is 24.8 Å². The van der Waals surface area contributed by atoms with Gasteiger partial charge in [0.05, 0.1) is 20.8 Å². The van der Waals surface area contributed by atoms with Gasteiger partial charge in [-0.05, 0) is 48.5 Å². The minimum absolute atomic E-state index is 0.0141. The number of sulfone groups is 1. The molecule has 5 nitrogen and oxygen atoms in total. The first-order valence-corrected chi connectivity index (χ1v) is 11.1. The Labute approximate surface area is 179 Å². The number of nitrogens with zero attached hydrogens (tertiary/aromatic N) is 1. The van der Waals surface area contributed by atoms with E-state index < -0.39 is 26.1 Å². The number of halogens is 3. The zero-order chi connectivity index (χ0) is 22.2. The monoisotopic (exact) mass is 462 g/mol. The third kappa shape index (κ3) is 4.04. The van der Waals surface area contributed by atoms with E-state index in [0.29, 0.717) is 16.3 Å². The Hall–Kier alpha value is -3.24. The van der Waals surface area contributed by atoms with Crippen LogP contribution in [-0.2, 0) is 9.84 Å². The van der Waals surface area contributed by atoms with Gasteiger partial charge < -0.3 is 5.32 Å². The number of rotatable bonds is 4. The summed E-state index contributed by atoms with van der Waals surface area (Å²) in [4.78, 5) is 16.3. The van der Waals surface area contributed by atoms with Gasteiger partial charge in [-0.25, -0.2) is 13.4 Å². The van der Waals surface area contributed by atoms with E-state index in [1.165, 1.54) is 11.3 Å². The molecule has 0 fully saturated rings. The summed E-state index contributed by atoms with van der Waals surface area (Å²) in [6.45, 7) is 0. The molecule has 158 valence electrons. The number of aromatic nitrogens is 1. The van der Waals surface area contributed by atoms with Crippen LogP contribution in [0.4, 0.5) is 18.9 Å². The Kier molecular flexibility index (Phi) is 5.28. The zero-order valence-electron chi connectivity index (χ0n) is 15.6. The highest BCUT2D eigenvalue weighted by molar-refractivity contribution is 7.92. The van der Waals surface area contributed by atoms with E-state index in [1.54, 1.807) is 24.3 Å². The van der Waals surface area contributed by atoms with Crippen molar-refractivity contribution in [1.29, 1.82) is 0 Å². The molecule has 0 radical (unpaired) electrons. The molecule has 3 aromatic carbocycles. The fourth-order valence-electron chi connectivity index (χ4n) is 2.88. The summed E-state index contributed by atoms with van der Waals surface area (Å²) in [7, 11) is -5.47. The predicted octanol–water partition coefficient (Wildman–Crippen LogP) is 5.51. The van der Waals surface area contributed by atoms with Gasteiger partial charge in [0.1, 0.15) is 5.01 Å². The lowest BCUT2D eigenvalue weighted by Gasteiger charge is -2.11. The molecule has 4 aromatic rings. The van der Waals surface area contributed by atoms with E-state index >= 15 is 0 Å². The summed E-state index contributed by atoms with van der Waals surface area (Å²) in [5.41, 5.74) is -3.41. The Bertz CT molecular complexity index is 1350. The molecule has 10 heteroatoms. The number of amides is 1. The number of anilines is 1. The summed E-state index contributed by atoms with van der Waals surface area (Å²) in [5.74, 6) is -0.593. The summed E-state index contributed by atoms with van der Waals surface area (Å²) in [6, 6.07) is 18.2. The van der Waals surface area contributed by atoms with Crippen molar-refractivity contribution >= 4 is 43.0 Å². The smallest absolute Gasteiger partial charge is 0.321 e. The van der Waals surface area contributed by atoms with Crippen molar-refractivity contribution in [2.45, 2.75) is 10.4 Å². The zero-order valence-corrected chi connectivity index (χ0v) is 17.2. The summed E-state index contributed by atoms with van der Waals surface area (Å²) in [5, 5.41) is 3.41. The Morgan fingerprint density at radius 1 is 0.903 bits per heavy atom. The number of fused-ring (bicyclic) bond motifs is 1. The molecule has 1 heterocycles. The van der Waals surface area contributed by atoms with Gasteiger partial charge in [-0.3, -0.25) is 4.79 Å². The fraction of sp³-hybridized carbons (Fsp3) is 0.0476. The molecule has 1 amide bonds. The largest absolute Gasteiger partial charge is 0.501 e. The first-order chi connectivity index (χ1) is 14.7. The van der Waals surface area contributed by atoms with Gasteiger partial charge in [0, 0.05) is 11.1 Å². The van der Waals surface area contributed by atoms with Crippen LogP contribution in [0.15, 0.2) is 77.7 Å². The number of nitrogens with one attached hydrogen (secondary N) is 1. The lowest BCUT2D eigenvalue weighted by atomic mass is 10.1. The number of hydrogen-bond acceptors (Lipinski definition) is 5. The highest BCUT2D eigenvalue weighted by Crippen LogP contribution is 2.35. The van der Waals surface area contributed by atoms with Crippen LogP contribution in [0.2, 0.25) is 0 Å². The number of thiazole rings is 1. The minimum Gasteiger partial charge on any atom is -0.321 e. The van der Waals surface area contributed by atoms with Crippen LogP contribution < -0.4 is 5.32 Å². The number of para-hydroxylation sites is 2. The topological polar surface area (TPSA) is 76.1 Å². The first-order valence-electron chi connectivity index (χ1n) is 8.84. The molecule has 0 spiro atoms. The van der Waals surface area contributed by atoms with Crippen molar-refractivity contribution in [2.75, 3.05) is 5.32 Å². The average Bonchev–Trinajstić information content (AvgIpc) is 3.17. The maximum absolute atomic E-state index is 12.7. The van der Waals surface area contributed by atoms with E-state index in [4.69, 9.17) is 0 Å². The van der Waals surface area contributed by atoms with Crippen LogP contribution in [0.3, 0.4) is 0 Å². The lowest BCUT2D eigenvalue weighted by molar-refractivity contribution is -0.0436. The third-order valence-electron chi connectivity index (χ3n) is 4.43. The molecule has 0 atom stereocenters. The van der Waals surface area contributed by atoms with Gasteiger partial charge in [0.15, 0.2) is 0 Å². The van der Waals surface area contributed by atoms with Crippen molar-refractivity contribution in [2.24, 2.45) is 0 Å². The molecule has 0 aliphatic heterocycles. The number of benzene rings is 3. The van der Waals surface area contributed by atoms with Crippen LogP contribution in [0.1, 0.15) is 10.4 Å². The summed E-state index contributed by atoms with van der Waals surface area (Å²) >= 11 is 1.46. The Morgan fingerprint density at radius 2 is 1.55 bits per heavy atom. The lowest BCUT2D eigenvalue weighted by Crippen LogP contribution is -2.23. The van der Waals surface area contributed by atoms with Crippen LogP contribution in [0.5, 0.6) is 0 Å². The van der Waals surface area contributed by atoms with E-state index in [0.717, 1.165) is 34.5 Å². The molecular formula is C21H13F3N2O3S2. The molecule has 0 bridgehead atoms. The highest BCUT2D eigenvalue weighted by atomic mass is 32.2. The number of hydrogen-bond donors (Lipinski definition) is 1.